The van der Waals surface area contributed by atoms with Gasteiger partial charge in [0.2, 0.25) is 0 Å². The van der Waals surface area contributed by atoms with Crippen molar-refractivity contribution in [2.24, 2.45) is 7.05 Å². The van der Waals surface area contributed by atoms with E-state index in [4.69, 9.17) is 16.0 Å². The first-order chi connectivity index (χ1) is 15.5. The van der Waals surface area contributed by atoms with Gasteiger partial charge >= 0.3 is 6.03 Å². The summed E-state index contributed by atoms with van der Waals surface area (Å²) in [6.45, 7) is 0. The van der Waals surface area contributed by atoms with Crippen LogP contribution in [0.15, 0.2) is 54.6 Å². The topological polar surface area (TPSA) is 122 Å². The second-order valence-electron chi connectivity index (χ2n) is 7.93. The van der Waals surface area contributed by atoms with Crippen molar-refractivity contribution in [3.63, 3.8) is 0 Å². The Balaban J connectivity index is 1.40. The highest BCUT2D eigenvalue weighted by atomic mass is 16.2. The molecule has 0 spiro atoms. The summed E-state index contributed by atoms with van der Waals surface area (Å²) in [7, 11) is 1.85. The number of rotatable bonds is 4. The fraction of sp³-hybridized carbons (Fsp3) is 0.167. The SMILES string of the molecule is Cn1nc(N)c2c(-c3ccc(NC(=O)Nc4cccc(C#N)c4)cc3)cc(C3CC3)nc21. The van der Waals surface area contributed by atoms with Crippen LogP contribution in [0.5, 0.6) is 0 Å². The number of benzene rings is 2. The number of nitrogens with zero attached hydrogens (tertiary/aromatic N) is 4. The van der Waals surface area contributed by atoms with Crippen LogP contribution in [0.4, 0.5) is 22.0 Å². The summed E-state index contributed by atoms with van der Waals surface area (Å²) in [4.78, 5) is 17.1. The molecule has 1 aliphatic carbocycles. The van der Waals surface area contributed by atoms with Crippen LogP contribution in [-0.4, -0.2) is 20.8 Å². The third kappa shape index (κ3) is 3.72. The number of nitrogens with one attached hydrogen (secondary N) is 2. The van der Waals surface area contributed by atoms with Crippen LogP contribution in [0.25, 0.3) is 22.2 Å². The number of fused-ring (bicyclic) bond motifs is 1. The van der Waals surface area contributed by atoms with Crippen molar-refractivity contribution in [3.8, 4) is 17.2 Å². The number of anilines is 3. The fourth-order valence-electron chi connectivity index (χ4n) is 3.81. The van der Waals surface area contributed by atoms with E-state index in [0.717, 1.165) is 40.7 Å². The number of nitrogens with two attached hydrogens (primary N) is 1. The van der Waals surface area contributed by atoms with E-state index < -0.39 is 0 Å². The minimum atomic E-state index is -0.383. The second-order valence-corrected chi connectivity index (χ2v) is 7.93. The number of aromatic nitrogens is 3. The molecule has 4 N–H and O–H groups in total. The highest BCUT2D eigenvalue weighted by molar-refractivity contribution is 6.02. The highest BCUT2D eigenvalue weighted by Gasteiger charge is 2.27. The van der Waals surface area contributed by atoms with Gasteiger partial charge in [0.15, 0.2) is 11.5 Å². The summed E-state index contributed by atoms with van der Waals surface area (Å²) >= 11 is 0. The molecular formula is C24H21N7O. The zero-order chi connectivity index (χ0) is 22.2. The minimum Gasteiger partial charge on any atom is -0.382 e. The molecule has 0 atom stereocenters. The molecule has 8 nitrogen and oxygen atoms in total. The zero-order valence-electron chi connectivity index (χ0n) is 17.5. The number of pyridine rings is 1. The molecular weight excluding hydrogens is 402 g/mol. The quantitative estimate of drug-likeness (QED) is 0.442. The number of hydrogen-bond donors (Lipinski definition) is 3. The molecule has 1 fully saturated rings. The summed E-state index contributed by atoms with van der Waals surface area (Å²) < 4.78 is 1.72. The molecule has 2 aromatic carbocycles. The zero-order valence-corrected chi connectivity index (χ0v) is 17.5. The minimum absolute atomic E-state index is 0.383. The largest absolute Gasteiger partial charge is 0.382 e. The van der Waals surface area contributed by atoms with Gasteiger partial charge < -0.3 is 16.4 Å². The Morgan fingerprint density at radius 3 is 2.59 bits per heavy atom. The number of carbonyl (C=O) groups excluding carboxylic acids is 1. The van der Waals surface area contributed by atoms with Crippen LogP contribution in [0.3, 0.4) is 0 Å². The number of amides is 2. The molecule has 1 aliphatic rings. The molecule has 2 amide bonds. The van der Waals surface area contributed by atoms with Crippen LogP contribution in [-0.2, 0) is 7.05 Å². The van der Waals surface area contributed by atoms with Gasteiger partial charge in [-0.15, -0.1) is 0 Å². The standard InChI is InChI=1S/C24H21N7O/c1-31-23-21(22(26)30-31)19(12-20(29-23)16-5-6-16)15-7-9-17(10-8-15)27-24(32)28-18-4-2-3-14(11-18)13-25/h2-4,7-12,16H,5-6H2,1H3,(H2,26,30)(H2,27,28,32). The lowest BCUT2D eigenvalue weighted by molar-refractivity contribution is 0.262. The van der Waals surface area contributed by atoms with Crippen LogP contribution >= 0.6 is 0 Å². The van der Waals surface area contributed by atoms with E-state index in [1.54, 1.807) is 28.9 Å². The van der Waals surface area contributed by atoms with E-state index in [0.29, 0.717) is 28.7 Å². The lowest BCUT2D eigenvalue weighted by atomic mass is 10.0. The number of nitriles is 1. The monoisotopic (exact) mass is 423 g/mol. The molecule has 158 valence electrons. The molecule has 0 saturated heterocycles. The average molecular weight is 423 g/mol. The van der Waals surface area contributed by atoms with E-state index in [1.165, 1.54) is 0 Å². The summed E-state index contributed by atoms with van der Waals surface area (Å²) in [5.41, 5.74) is 11.7. The van der Waals surface area contributed by atoms with Gasteiger partial charge in [0.1, 0.15) is 0 Å². The molecule has 0 bridgehead atoms. The maximum absolute atomic E-state index is 12.3. The molecule has 1 saturated carbocycles. The van der Waals surface area contributed by atoms with E-state index in [9.17, 15) is 4.79 Å². The molecule has 5 rings (SSSR count). The second kappa shape index (κ2) is 7.71. The third-order valence-corrected chi connectivity index (χ3v) is 5.54. The van der Waals surface area contributed by atoms with Gasteiger partial charge in [-0.1, -0.05) is 18.2 Å². The summed E-state index contributed by atoms with van der Waals surface area (Å²) in [5, 5.41) is 19.7. The van der Waals surface area contributed by atoms with Crippen molar-refractivity contribution >= 4 is 34.3 Å². The van der Waals surface area contributed by atoms with Gasteiger partial charge in [0.05, 0.1) is 17.0 Å². The van der Waals surface area contributed by atoms with Crippen molar-refractivity contribution in [1.29, 1.82) is 5.26 Å². The summed E-state index contributed by atoms with van der Waals surface area (Å²) in [5.74, 6) is 0.951. The number of aryl methyl sites for hydroxylation is 1. The maximum Gasteiger partial charge on any atom is 0.323 e. The van der Waals surface area contributed by atoms with E-state index in [2.05, 4.69) is 27.9 Å². The first-order valence-electron chi connectivity index (χ1n) is 10.3. The van der Waals surface area contributed by atoms with Crippen molar-refractivity contribution in [3.05, 3.63) is 65.9 Å². The van der Waals surface area contributed by atoms with Crippen LogP contribution < -0.4 is 16.4 Å². The van der Waals surface area contributed by atoms with Crippen molar-refractivity contribution in [1.82, 2.24) is 14.8 Å². The van der Waals surface area contributed by atoms with Gasteiger partial charge in [0.25, 0.3) is 0 Å². The summed E-state index contributed by atoms with van der Waals surface area (Å²) in [6, 6.07) is 18.1. The molecule has 0 radical (unpaired) electrons. The van der Waals surface area contributed by atoms with Crippen LogP contribution in [0.2, 0.25) is 0 Å². The van der Waals surface area contributed by atoms with Gasteiger partial charge in [0, 0.05) is 30.0 Å². The van der Waals surface area contributed by atoms with Gasteiger partial charge in [-0.3, -0.25) is 0 Å². The molecule has 2 heterocycles. The van der Waals surface area contributed by atoms with Gasteiger partial charge in [-0.05, 0) is 60.4 Å². The molecule has 2 aromatic heterocycles. The number of urea groups is 1. The Morgan fingerprint density at radius 2 is 1.88 bits per heavy atom. The summed E-state index contributed by atoms with van der Waals surface area (Å²) in [6.07, 6.45) is 2.31. The average Bonchev–Trinajstić information content (AvgIpc) is 3.60. The Kier molecular flexibility index (Phi) is 4.71. The first kappa shape index (κ1) is 19.6. The van der Waals surface area contributed by atoms with Crippen molar-refractivity contribution in [2.75, 3.05) is 16.4 Å². The number of carbonyl (C=O) groups is 1. The maximum atomic E-state index is 12.3. The highest BCUT2D eigenvalue weighted by Crippen LogP contribution is 2.42. The fourth-order valence-corrected chi connectivity index (χ4v) is 3.81. The first-order valence-corrected chi connectivity index (χ1v) is 10.3. The Morgan fingerprint density at radius 1 is 1.12 bits per heavy atom. The van der Waals surface area contributed by atoms with Gasteiger partial charge in [-0.25, -0.2) is 14.5 Å². The lowest BCUT2D eigenvalue weighted by Crippen LogP contribution is -2.19. The van der Waals surface area contributed by atoms with Crippen LogP contribution in [0, 0.1) is 11.3 Å². The number of hydrogen-bond acceptors (Lipinski definition) is 5. The third-order valence-electron chi connectivity index (χ3n) is 5.54. The Labute approximate surface area is 184 Å². The normalized spacial score (nSPS) is 13.0. The van der Waals surface area contributed by atoms with Crippen molar-refractivity contribution < 1.29 is 4.79 Å². The molecule has 32 heavy (non-hydrogen) atoms. The van der Waals surface area contributed by atoms with E-state index in [-0.39, 0.29) is 6.03 Å². The van der Waals surface area contributed by atoms with Crippen molar-refractivity contribution in [2.45, 2.75) is 18.8 Å². The van der Waals surface area contributed by atoms with E-state index in [1.807, 2.05) is 31.3 Å². The lowest BCUT2D eigenvalue weighted by Gasteiger charge is -2.10. The van der Waals surface area contributed by atoms with Gasteiger partial charge in [-0.2, -0.15) is 10.4 Å². The Hall–Kier alpha value is -4.38. The van der Waals surface area contributed by atoms with Crippen LogP contribution in [0.1, 0.15) is 30.0 Å². The molecule has 0 aliphatic heterocycles. The van der Waals surface area contributed by atoms with E-state index >= 15 is 0 Å². The molecule has 0 unspecified atom stereocenters. The molecule has 4 aromatic rings. The smallest absolute Gasteiger partial charge is 0.323 e. The Bertz CT molecular complexity index is 1380. The predicted octanol–water partition coefficient (Wildman–Crippen LogP) is 4.61. The predicted molar refractivity (Wildman–Crippen MR) is 124 cm³/mol. The number of nitrogen functional groups attached to an aromatic ring is 1. The molecule has 8 heteroatoms.